The molecule has 0 bridgehead atoms. The number of amides is 2. The molecule has 0 aromatic heterocycles. The predicted molar refractivity (Wildman–Crippen MR) is 85.6 cm³/mol. The standard InChI is InChI=1S/C15H21N3O2.ClH/c1-11(14(19)18-12-7-3-2-4-8-12)17-15(20)13-9-5-6-10-16-13;/h2-4,7-8,11,13,16H,5-6,9-10H2,1H3,(H,17,20)(H,18,19);1H. The van der Waals surface area contributed by atoms with Crippen LogP contribution in [0.2, 0.25) is 0 Å². The van der Waals surface area contributed by atoms with Gasteiger partial charge in [0, 0.05) is 5.69 Å². The number of anilines is 1. The molecule has 1 saturated heterocycles. The van der Waals surface area contributed by atoms with Crippen molar-refractivity contribution in [3.8, 4) is 0 Å². The second-order valence-electron chi connectivity index (χ2n) is 5.09. The maximum absolute atomic E-state index is 12.0. The summed E-state index contributed by atoms with van der Waals surface area (Å²) >= 11 is 0. The third-order valence-corrected chi connectivity index (χ3v) is 3.42. The van der Waals surface area contributed by atoms with E-state index in [0.29, 0.717) is 0 Å². The van der Waals surface area contributed by atoms with E-state index in [1.165, 1.54) is 0 Å². The first-order chi connectivity index (χ1) is 9.66. The van der Waals surface area contributed by atoms with Crippen LogP contribution in [0.3, 0.4) is 0 Å². The summed E-state index contributed by atoms with van der Waals surface area (Å²) in [5.74, 6) is -0.305. The van der Waals surface area contributed by atoms with Crippen molar-refractivity contribution in [1.82, 2.24) is 10.6 Å². The molecule has 1 fully saturated rings. The molecule has 0 saturated carbocycles. The largest absolute Gasteiger partial charge is 0.343 e. The van der Waals surface area contributed by atoms with Crippen molar-refractivity contribution in [2.24, 2.45) is 0 Å². The van der Waals surface area contributed by atoms with Crippen LogP contribution in [0.5, 0.6) is 0 Å². The normalized spacial score (nSPS) is 19.0. The lowest BCUT2D eigenvalue weighted by Crippen LogP contribution is -2.51. The number of carbonyl (C=O) groups is 2. The highest BCUT2D eigenvalue weighted by molar-refractivity contribution is 5.97. The van der Waals surface area contributed by atoms with Gasteiger partial charge in [0.2, 0.25) is 11.8 Å². The van der Waals surface area contributed by atoms with Gasteiger partial charge in [-0.1, -0.05) is 24.6 Å². The lowest BCUT2D eigenvalue weighted by molar-refractivity contribution is -0.128. The van der Waals surface area contributed by atoms with Gasteiger partial charge in [-0.3, -0.25) is 9.59 Å². The smallest absolute Gasteiger partial charge is 0.246 e. The zero-order valence-electron chi connectivity index (χ0n) is 12.1. The number of hydrogen-bond acceptors (Lipinski definition) is 3. The zero-order valence-corrected chi connectivity index (χ0v) is 12.9. The van der Waals surface area contributed by atoms with Gasteiger partial charge in [0.25, 0.3) is 0 Å². The fourth-order valence-corrected chi connectivity index (χ4v) is 2.23. The highest BCUT2D eigenvalue weighted by Gasteiger charge is 2.23. The second kappa shape index (κ2) is 8.64. The van der Waals surface area contributed by atoms with E-state index in [4.69, 9.17) is 0 Å². The summed E-state index contributed by atoms with van der Waals surface area (Å²) in [5, 5.41) is 8.70. The topological polar surface area (TPSA) is 70.2 Å². The summed E-state index contributed by atoms with van der Waals surface area (Å²) in [5.41, 5.74) is 0.731. The van der Waals surface area contributed by atoms with Crippen molar-refractivity contribution < 1.29 is 9.59 Å². The minimum atomic E-state index is -0.550. The van der Waals surface area contributed by atoms with Crippen LogP contribution in [0.25, 0.3) is 0 Å². The maximum Gasteiger partial charge on any atom is 0.246 e. The van der Waals surface area contributed by atoms with E-state index in [1.807, 2.05) is 30.3 Å². The minimum absolute atomic E-state index is 0. The predicted octanol–water partition coefficient (Wildman–Crippen LogP) is 1.69. The highest BCUT2D eigenvalue weighted by atomic mass is 35.5. The van der Waals surface area contributed by atoms with Crippen LogP contribution >= 0.6 is 12.4 Å². The molecular weight excluding hydrogens is 290 g/mol. The van der Waals surface area contributed by atoms with Crippen LogP contribution in [-0.2, 0) is 9.59 Å². The summed E-state index contributed by atoms with van der Waals surface area (Å²) in [6, 6.07) is 8.50. The molecule has 2 amide bonds. The lowest BCUT2D eigenvalue weighted by atomic mass is 10.0. The Labute approximate surface area is 131 Å². The first-order valence-electron chi connectivity index (χ1n) is 7.06. The number of nitrogens with one attached hydrogen (secondary N) is 3. The molecule has 2 rings (SSSR count). The molecule has 21 heavy (non-hydrogen) atoms. The third-order valence-electron chi connectivity index (χ3n) is 3.42. The maximum atomic E-state index is 12.0. The molecule has 2 unspecified atom stereocenters. The zero-order chi connectivity index (χ0) is 14.4. The van der Waals surface area contributed by atoms with Gasteiger partial charge in [0.05, 0.1) is 6.04 Å². The van der Waals surface area contributed by atoms with Crippen molar-refractivity contribution in [3.63, 3.8) is 0 Å². The number of piperidine rings is 1. The Bertz CT molecular complexity index is 461. The Kier molecular flexibility index (Phi) is 7.19. The fourth-order valence-electron chi connectivity index (χ4n) is 2.23. The Morgan fingerprint density at radius 1 is 1.24 bits per heavy atom. The molecular formula is C15H22ClN3O2. The Morgan fingerprint density at radius 2 is 1.95 bits per heavy atom. The van der Waals surface area contributed by atoms with Gasteiger partial charge in [-0.15, -0.1) is 12.4 Å². The summed E-state index contributed by atoms with van der Waals surface area (Å²) < 4.78 is 0. The molecule has 0 spiro atoms. The van der Waals surface area contributed by atoms with Crippen LogP contribution < -0.4 is 16.0 Å². The summed E-state index contributed by atoms with van der Waals surface area (Å²) in [7, 11) is 0. The molecule has 116 valence electrons. The molecule has 2 atom stereocenters. The van der Waals surface area contributed by atoms with Crippen molar-refractivity contribution in [2.75, 3.05) is 11.9 Å². The minimum Gasteiger partial charge on any atom is -0.343 e. The summed E-state index contributed by atoms with van der Waals surface area (Å²) in [6.45, 7) is 2.56. The van der Waals surface area contributed by atoms with E-state index in [0.717, 1.165) is 31.5 Å². The summed E-state index contributed by atoms with van der Waals surface area (Å²) in [6.07, 6.45) is 2.99. The molecule has 5 nitrogen and oxygen atoms in total. The van der Waals surface area contributed by atoms with E-state index in [1.54, 1.807) is 6.92 Å². The molecule has 0 radical (unpaired) electrons. The van der Waals surface area contributed by atoms with Gasteiger partial charge in [0.15, 0.2) is 0 Å². The molecule has 1 aliphatic heterocycles. The van der Waals surface area contributed by atoms with Crippen molar-refractivity contribution in [1.29, 1.82) is 0 Å². The number of para-hydroxylation sites is 1. The van der Waals surface area contributed by atoms with E-state index in [9.17, 15) is 9.59 Å². The van der Waals surface area contributed by atoms with Gasteiger partial charge in [0.1, 0.15) is 6.04 Å². The fraction of sp³-hybridized carbons (Fsp3) is 0.467. The molecule has 3 N–H and O–H groups in total. The van der Waals surface area contributed by atoms with E-state index in [-0.39, 0.29) is 30.3 Å². The highest BCUT2D eigenvalue weighted by Crippen LogP contribution is 2.08. The summed E-state index contributed by atoms with van der Waals surface area (Å²) in [4.78, 5) is 24.0. The van der Waals surface area contributed by atoms with E-state index in [2.05, 4.69) is 16.0 Å². The molecule has 1 heterocycles. The molecule has 6 heteroatoms. The molecule has 1 aromatic carbocycles. The average molecular weight is 312 g/mol. The Hall–Kier alpha value is -1.59. The van der Waals surface area contributed by atoms with Gasteiger partial charge >= 0.3 is 0 Å². The monoisotopic (exact) mass is 311 g/mol. The van der Waals surface area contributed by atoms with Gasteiger partial charge in [-0.05, 0) is 38.4 Å². The first-order valence-corrected chi connectivity index (χ1v) is 7.06. The van der Waals surface area contributed by atoms with Gasteiger partial charge in [-0.2, -0.15) is 0 Å². The quantitative estimate of drug-likeness (QED) is 0.792. The number of rotatable bonds is 4. The van der Waals surface area contributed by atoms with Crippen LogP contribution in [0, 0.1) is 0 Å². The van der Waals surface area contributed by atoms with Crippen molar-refractivity contribution >= 4 is 29.9 Å². The first kappa shape index (κ1) is 17.5. The van der Waals surface area contributed by atoms with Crippen LogP contribution in [0.4, 0.5) is 5.69 Å². The second-order valence-corrected chi connectivity index (χ2v) is 5.09. The van der Waals surface area contributed by atoms with Crippen molar-refractivity contribution in [2.45, 2.75) is 38.3 Å². The van der Waals surface area contributed by atoms with E-state index < -0.39 is 6.04 Å². The SMILES string of the molecule is CC(NC(=O)C1CCCCN1)C(=O)Nc1ccccc1.Cl. The molecule has 0 aliphatic carbocycles. The molecule has 1 aromatic rings. The number of benzene rings is 1. The van der Waals surface area contributed by atoms with Crippen LogP contribution in [0.1, 0.15) is 26.2 Å². The number of halogens is 1. The molecule has 1 aliphatic rings. The van der Waals surface area contributed by atoms with Crippen LogP contribution in [0.15, 0.2) is 30.3 Å². The van der Waals surface area contributed by atoms with Gasteiger partial charge in [-0.25, -0.2) is 0 Å². The number of hydrogen-bond donors (Lipinski definition) is 3. The third kappa shape index (κ3) is 5.36. The average Bonchev–Trinajstić information content (AvgIpc) is 2.49. The Morgan fingerprint density at radius 3 is 2.57 bits per heavy atom. The van der Waals surface area contributed by atoms with Crippen LogP contribution in [-0.4, -0.2) is 30.4 Å². The lowest BCUT2D eigenvalue weighted by Gasteiger charge is -2.24. The Balaban J connectivity index is 0.00000220. The van der Waals surface area contributed by atoms with Gasteiger partial charge < -0.3 is 16.0 Å². The van der Waals surface area contributed by atoms with Crippen molar-refractivity contribution in [3.05, 3.63) is 30.3 Å². The van der Waals surface area contributed by atoms with E-state index >= 15 is 0 Å². The number of carbonyl (C=O) groups excluding carboxylic acids is 2.